The number of H-pyrrole nitrogens is 1. The van der Waals surface area contributed by atoms with Gasteiger partial charge in [0.15, 0.2) is 11.6 Å². The second kappa shape index (κ2) is 9.70. The van der Waals surface area contributed by atoms with Crippen molar-refractivity contribution in [1.82, 2.24) is 29.6 Å². The first kappa shape index (κ1) is 23.9. The Bertz CT molecular complexity index is 1490. The Labute approximate surface area is 210 Å². The molecule has 12 nitrogen and oxygen atoms in total. The number of fused-ring (bicyclic) bond motifs is 1. The summed E-state index contributed by atoms with van der Waals surface area (Å²) >= 11 is 0. The first-order valence-electron chi connectivity index (χ1n) is 11.5. The van der Waals surface area contributed by atoms with Crippen molar-refractivity contribution in [2.45, 2.75) is 6.92 Å². The van der Waals surface area contributed by atoms with Crippen LogP contribution in [-0.2, 0) is 4.79 Å². The average Bonchev–Trinajstić information content (AvgIpc) is 3.53. The van der Waals surface area contributed by atoms with E-state index in [4.69, 9.17) is 11.6 Å². The maximum Gasteiger partial charge on any atom is 0.295 e. The number of para-hydroxylation sites is 1. The van der Waals surface area contributed by atoms with Gasteiger partial charge in [-0.1, -0.05) is 18.2 Å². The van der Waals surface area contributed by atoms with Crippen molar-refractivity contribution in [3.05, 3.63) is 72.3 Å². The van der Waals surface area contributed by atoms with Gasteiger partial charge >= 0.3 is 0 Å². The van der Waals surface area contributed by atoms with Crippen molar-refractivity contribution in [2.75, 3.05) is 36.1 Å². The minimum absolute atomic E-state index is 0.0608. The summed E-state index contributed by atoms with van der Waals surface area (Å²) in [6.07, 6.45) is 4.76. The third-order valence-electron chi connectivity index (χ3n) is 6.24. The number of carbonyl (C=O) groups is 2. The number of aryl methyl sites for hydroxylation is 1. The van der Waals surface area contributed by atoms with Crippen molar-refractivity contribution in [3.8, 4) is 5.69 Å². The molecule has 1 fully saturated rings. The number of hydrogen-bond donors (Lipinski definition) is 3. The minimum atomic E-state index is -0.822. The van der Waals surface area contributed by atoms with E-state index in [9.17, 15) is 14.0 Å². The first-order valence-corrected chi connectivity index (χ1v) is 11.5. The lowest BCUT2D eigenvalue weighted by atomic mass is 10.1. The molecule has 0 saturated carbocycles. The molecular weight excluding hydrogens is 479 g/mol. The van der Waals surface area contributed by atoms with Gasteiger partial charge in [0.25, 0.3) is 11.7 Å². The highest BCUT2D eigenvalue weighted by atomic mass is 19.1. The molecule has 1 saturated heterocycles. The third-order valence-corrected chi connectivity index (χ3v) is 6.24. The molecular formula is C24H25FN10O2. The lowest BCUT2D eigenvalue weighted by Gasteiger charge is -2.34. The van der Waals surface area contributed by atoms with Gasteiger partial charge in [0, 0.05) is 44.8 Å². The maximum atomic E-state index is 14.7. The van der Waals surface area contributed by atoms with Crippen LogP contribution < -0.4 is 21.5 Å². The Morgan fingerprint density at radius 3 is 2.57 bits per heavy atom. The summed E-state index contributed by atoms with van der Waals surface area (Å²) in [6.45, 7) is 3.36. The largest absolute Gasteiger partial charge is 0.403 e. The van der Waals surface area contributed by atoms with Gasteiger partial charge in [-0.3, -0.25) is 19.2 Å². The van der Waals surface area contributed by atoms with Crippen molar-refractivity contribution < 1.29 is 14.0 Å². The zero-order valence-corrected chi connectivity index (χ0v) is 20.0. The molecule has 5 rings (SSSR count). The number of anilines is 2. The van der Waals surface area contributed by atoms with E-state index < -0.39 is 17.5 Å². The summed E-state index contributed by atoms with van der Waals surface area (Å²) in [4.78, 5) is 36.5. The predicted octanol–water partition coefficient (Wildman–Crippen LogP) is 1.23. The van der Waals surface area contributed by atoms with Crippen molar-refractivity contribution in [2.24, 2.45) is 11.6 Å². The number of benzene rings is 1. The van der Waals surface area contributed by atoms with Crippen LogP contribution in [0, 0.1) is 12.7 Å². The zero-order valence-electron chi connectivity index (χ0n) is 20.0. The number of carbonyl (C=O) groups excluding carboxylic acids is 2. The molecule has 0 bridgehead atoms. The average molecular weight is 505 g/mol. The number of piperazine rings is 1. The van der Waals surface area contributed by atoms with E-state index >= 15 is 0 Å². The van der Waals surface area contributed by atoms with Crippen LogP contribution >= 0.6 is 0 Å². The minimum Gasteiger partial charge on any atom is -0.403 e. The molecule has 1 aliphatic heterocycles. The van der Waals surface area contributed by atoms with Crippen LogP contribution in [0.15, 0.2) is 55.1 Å². The quantitative estimate of drug-likeness (QED) is 0.152. The fourth-order valence-corrected chi connectivity index (χ4v) is 4.44. The number of nitrogens with zero attached hydrogens (tertiary/aromatic N) is 7. The van der Waals surface area contributed by atoms with E-state index in [1.54, 1.807) is 0 Å². The molecule has 0 radical (unpaired) electrons. The van der Waals surface area contributed by atoms with E-state index in [-0.39, 0.29) is 22.3 Å². The van der Waals surface area contributed by atoms with Gasteiger partial charge < -0.3 is 20.5 Å². The molecule has 3 aromatic heterocycles. The summed E-state index contributed by atoms with van der Waals surface area (Å²) in [5.74, 6) is 5.15. The SMILES string of the molecule is Cc1nnc(N2CCN(C(=O)C(=O)c3c[nH]c4c(N(N)/C=C\N)ncc(F)c34)CC2)n1-c1ccccc1. The summed E-state index contributed by atoms with van der Waals surface area (Å²) in [7, 11) is 0. The summed E-state index contributed by atoms with van der Waals surface area (Å²) in [6, 6.07) is 9.75. The van der Waals surface area contributed by atoms with Crippen LogP contribution in [0.1, 0.15) is 16.2 Å². The highest BCUT2D eigenvalue weighted by molar-refractivity contribution is 6.45. The maximum absolute atomic E-state index is 14.7. The van der Waals surface area contributed by atoms with Gasteiger partial charge in [0.1, 0.15) is 5.82 Å². The fraction of sp³-hybridized carbons (Fsp3) is 0.208. The molecule has 0 atom stereocenters. The van der Waals surface area contributed by atoms with E-state index in [0.29, 0.717) is 32.1 Å². The normalized spacial score (nSPS) is 14.0. The Morgan fingerprint density at radius 1 is 1.14 bits per heavy atom. The molecule has 190 valence electrons. The van der Waals surface area contributed by atoms with Gasteiger partial charge in [-0.05, 0) is 19.1 Å². The molecule has 0 aliphatic carbocycles. The molecule has 1 amide bonds. The van der Waals surface area contributed by atoms with Crippen LogP contribution in [0.3, 0.4) is 0 Å². The van der Waals surface area contributed by atoms with E-state index in [0.717, 1.165) is 22.7 Å². The molecule has 1 aromatic carbocycles. The predicted molar refractivity (Wildman–Crippen MR) is 135 cm³/mol. The van der Waals surface area contributed by atoms with Crippen LogP contribution in [0.2, 0.25) is 0 Å². The summed E-state index contributed by atoms with van der Waals surface area (Å²) in [5.41, 5.74) is 6.39. The smallest absolute Gasteiger partial charge is 0.295 e. The molecule has 4 aromatic rings. The molecule has 0 spiro atoms. The van der Waals surface area contributed by atoms with E-state index in [1.165, 1.54) is 23.5 Å². The van der Waals surface area contributed by atoms with Crippen LogP contribution in [0.25, 0.3) is 16.6 Å². The number of hydrazine groups is 1. The molecule has 4 heterocycles. The monoisotopic (exact) mass is 504 g/mol. The van der Waals surface area contributed by atoms with Crippen molar-refractivity contribution in [3.63, 3.8) is 0 Å². The number of rotatable bonds is 6. The standard InChI is InChI=1S/C24H25FN10O2/c1-15-30-31-24(35(15)16-5-3-2-4-6-16)33-11-9-32(10-12-33)23(37)21(36)17-13-28-20-19(17)18(25)14-29-22(20)34(27)8-7-26/h2-8,13-14,28H,9-12,26-27H2,1H3/b8-7-. The molecule has 13 heteroatoms. The van der Waals surface area contributed by atoms with Gasteiger partial charge in [-0.2, -0.15) is 0 Å². The van der Waals surface area contributed by atoms with Crippen molar-refractivity contribution >= 4 is 34.4 Å². The van der Waals surface area contributed by atoms with Crippen LogP contribution in [0.5, 0.6) is 0 Å². The van der Waals surface area contributed by atoms with Gasteiger partial charge in [-0.25, -0.2) is 15.2 Å². The van der Waals surface area contributed by atoms with E-state index in [2.05, 4.69) is 20.2 Å². The molecule has 37 heavy (non-hydrogen) atoms. The number of nitrogens with one attached hydrogen (secondary N) is 1. The van der Waals surface area contributed by atoms with Gasteiger partial charge in [0.05, 0.1) is 28.4 Å². The molecule has 5 N–H and O–H groups in total. The third kappa shape index (κ3) is 4.25. The Balaban J connectivity index is 1.34. The summed E-state index contributed by atoms with van der Waals surface area (Å²) in [5, 5.41) is 9.58. The van der Waals surface area contributed by atoms with Crippen LogP contribution in [-0.4, -0.2) is 67.5 Å². The number of amides is 1. The number of aromatic nitrogens is 5. The highest BCUT2D eigenvalue weighted by Gasteiger charge is 2.31. The molecule has 1 aliphatic rings. The number of nitrogens with two attached hydrogens (primary N) is 2. The highest BCUT2D eigenvalue weighted by Crippen LogP contribution is 2.29. The Hall–Kier alpha value is -4.78. The van der Waals surface area contributed by atoms with E-state index in [1.807, 2.05) is 46.7 Å². The first-order chi connectivity index (χ1) is 17.9. The number of Topliss-reactive ketones (excluding diaryl/α,β-unsaturated/α-hetero) is 1. The molecule has 0 unspecified atom stereocenters. The number of pyridine rings is 1. The summed E-state index contributed by atoms with van der Waals surface area (Å²) < 4.78 is 16.7. The Morgan fingerprint density at radius 2 is 1.86 bits per heavy atom. The fourth-order valence-electron chi connectivity index (χ4n) is 4.44. The van der Waals surface area contributed by atoms with Crippen molar-refractivity contribution in [1.29, 1.82) is 0 Å². The number of halogens is 1. The van der Waals surface area contributed by atoms with Gasteiger partial charge in [-0.15, -0.1) is 10.2 Å². The Kier molecular flexibility index (Phi) is 6.27. The second-order valence-electron chi connectivity index (χ2n) is 8.46. The number of hydrogen-bond acceptors (Lipinski definition) is 9. The van der Waals surface area contributed by atoms with Crippen LogP contribution in [0.4, 0.5) is 16.2 Å². The van der Waals surface area contributed by atoms with Gasteiger partial charge in [0.2, 0.25) is 5.95 Å². The lowest BCUT2D eigenvalue weighted by molar-refractivity contribution is -0.126. The zero-order chi connectivity index (χ0) is 26.1. The lowest BCUT2D eigenvalue weighted by Crippen LogP contribution is -2.51. The topological polar surface area (TPSA) is 155 Å². The number of aromatic amines is 1. The second-order valence-corrected chi connectivity index (χ2v) is 8.46. The number of ketones is 1.